The van der Waals surface area contributed by atoms with Crippen LogP contribution in [-0.4, -0.2) is 42.4 Å². The van der Waals surface area contributed by atoms with Gasteiger partial charge in [-0.25, -0.2) is 9.78 Å². The Morgan fingerprint density at radius 2 is 2.42 bits per heavy atom. The number of aromatic nitrogens is 1. The van der Waals surface area contributed by atoms with E-state index in [0.717, 1.165) is 24.6 Å². The van der Waals surface area contributed by atoms with Crippen molar-refractivity contribution in [2.45, 2.75) is 38.6 Å². The van der Waals surface area contributed by atoms with Crippen molar-refractivity contribution in [3.05, 3.63) is 10.6 Å². The molecule has 1 aromatic heterocycles. The molecule has 2 atom stereocenters. The van der Waals surface area contributed by atoms with E-state index in [4.69, 9.17) is 4.74 Å². The van der Waals surface area contributed by atoms with Crippen LogP contribution in [0.4, 0.5) is 5.13 Å². The van der Waals surface area contributed by atoms with E-state index < -0.39 is 5.97 Å². The number of nitrogens with zero attached hydrogens (tertiary/aromatic N) is 2. The zero-order valence-electron chi connectivity index (χ0n) is 11.5. The van der Waals surface area contributed by atoms with Crippen LogP contribution in [0.1, 0.15) is 48.0 Å². The smallest absolute Gasteiger partial charge is 0.347 e. The van der Waals surface area contributed by atoms with Crippen LogP contribution in [0.25, 0.3) is 0 Å². The predicted molar refractivity (Wildman–Crippen MR) is 75.4 cm³/mol. The maximum absolute atomic E-state index is 11.3. The molecule has 1 aromatic rings. The summed E-state index contributed by atoms with van der Waals surface area (Å²) in [4.78, 5) is 18.3. The fraction of sp³-hybridized carbons (Fsp3) is 0.692. The topological polar surface area (TPSA) is 62.7 Å². The molecule has 0 aromatic carbocycles. The molecule has 2 unspecified atom stereocenters. The van der Waals surface area contributed by atoms with Crippen molar-refractivity contribution in [1.29, 1.82) is 0 Å². The molecule has 1 N–H and O–H groups in total. The number of rotatable bonds is 5. The maximum atomic E-state index is 11.3. The SMILES string of the molecule is CCC(C)c1nc(N(C)C2CCOC2)sc1C(=O)O. The monoisotopic (exact) mass is 284 g/mol. The van der Waals surface area contributed by atoms with Crippen LogP contribution in [0.5, 0.6) is 0 Å². The van der Waals surface area contributed by atoms with Crippen LogP contribution in [0, 0.1) is 0 Å². The van der Waals surface area contributed by atoms with E-state index in [9.17, 15) is 9.90 Å². The minimum Gasteiger partial charge on any atom is -0.477 e. The van der Waals surface area contributed by atoms with Gasteiger partial charge in [0.25, 0.3) is 0 Å². The summed E-state index contributed by atoms with van der Waals surface area (Å²) in [7, 11) is 1.96. The average molecular weight is 284 g/mol. The van der Waals surface area contributed by atoms with E-state index in [2.05, 4.69) is 9.88 Å². The Morgan fingerprint density at radius 1 is 1.68 bits per heavy atom. The van der Waals surface area contributed by atoms with Gasteiger partial charge < -0.3 is 14.7 Å². The molecule has 19 heavy (non-hydrogen) atoms. The lowest BCUT2D eigenvalue weighted by Crippen LogP contribution is -2.31. The van der Waals surface area contributed by atoms with Crippen molar-refractivity contribution >= 4 is 22.4 Å². The van der Waals surface area contributed by atoms with Gasteiger partial charge in [0.2, 0.25) is 0 Å². The summed E-state index contributed by atoms with van der Waals surface area (Å²) in [6.07, 6.45) is 1.86. The van der Waals surface area contributed by atoms with Crippen LogP contribution in [0.2, 0.25) is 0 Å². The van der Waals surface area contributed by atoms with Gasteiger partial charge in [-0.15, -0.1) is 0 Å². The van der Waals surface area contributed by atoms with Crippen molar-refractivity contribution in [3.63, 3.8) is 0 Å². The number of carbonyl (C=O) groups is 1. The first-order chi connectivity index (χ1) is 9.04. The van der Waals surface area contributed by atoms with Gasteiger partial charge in [-0.1, -0.05) is 25.2 Å². The number of thiazole rings is 1. The Hall–Kier alpha value is -1.14. The van der Waals surface area contributed by atoms with E-state index in [1.165, 1.54) is 11.3 Å². The molecule has 0 bridgehead atoms. The van der Waals surface area contributed by atoms with E-state index >= 15 is 0 Å². The second-order valence-electron chi connectivity index (χ2n) is 4.95. The Morgan fingerprint density at radius 3 is 2.95 bits per heavy atom. The molecule has 2 heterocycles. The highest BCUT2D eigenvalue weighted by atomic mass is 32.1. The zero-order valence-corrected chi connectivity index (χ0v) is 12.4. The van der Waals surface area contributed by atoms with E-state index in [0.29, 0.717) is 23.2 Å². The second kappa shape index (κ2) is 5.88. The van der Waals surface area contributed by atoms with Gasteiger partial charge in [-0.2, -0.15) is 0 Å². The average Bonchev–Trinajstić information content (AvgIpc) is 3.05. The summed E-state index contributed by atoms with van der Waals surface area (Å²) < 4.78 is 5.37. The molecule has 0 radical (unpaired) electrons. The third kappa shape index (κ3) is 2.90. The molecule has 0 spiro atoms. The largest absolute Gasteiger partial charge is 0.477 e. The number of carboxylic acid groups (broad SMARTS) is 1. The Kier molecular flexibility index (Phi) is 4.42. The predicted octanol–water partition coefficient (Wildman–Crippen LogP) is 2.58. The van der Waals surface area contributed by atoms with Gasteiger partial charge in [-0.3, -0.25) is 0 Å². The molecule has 2 rings (SSSR count). The third-order valence-corrected chi connectivity index (χ3v) is 4.82. The lowest BCUT2D eigenvalue weighted by molar-refractivity contribution is 0.0700. The first kappa shape index (κ1) is 14.3. The van der Waals surface area contributed by atoms with Crippen LogP contribution < -0.4 is 4.90 Å². The van der Waals surface area contributed by atoms with E-state index in [1.807, 2.05) is 20.9 Å². The molecular formula is C13H20N2O3S. The maximum Gasteiger partial charge on any atom is 0.347 e. The lowest BCUT2D eigenvalue weighted by Gasteiger charge is -2.22. The van der Waals surface area contributed by atoms with E-state index in [1.54, 1.807) is 0 Å². The van der Waals surface area contributed by atoms with Gasteiger partial charge in [-0.05, 0) is 18.8 Å². The summed E-state index contributed by atoms with van der Waals surface area (Å²) in [6, 6.07) is 0.303. The Labute approximate surface area is 117 Å². The summed E-state index contributed by atoms with van der Waals surface area (Å²) in [5, 5.41) is 10.1. The second-order valence-corrected chi connectivity index (χ2v) is 5.93. The van der Waals surface area contributed by atoms with Crippen LogP contribution >= 0.6 is 11.3 Å². The van der Waals surface area contributed by atoms with Crippen molar-refractivity contribution in [3.8, 4) is 0 Å². The number of hydrogen-bond donors (Lipinski definition) is 1. The van der Waals surface area contributed by atoms with Gasteiger partial charge in [0.1, 0.15) is 4.88 Å². The van der Waals surface area contributed by atoms with Gasteiger partial charge in [0, 0.05) is 13.7 Å². The molecule has 6 heteroatoms. The number of anilines is 1. The van der Waals surface area contributed by atoms with Crippen LogP contribution in [0.15, 0.2) is 0 Å². The minimum atomic E-state index is -0.880. The first-order valence-corrected chi connectivity index (χ1v) is 7.40. The minimum absolute atomic E-state index is 0.171. The van der Waals surface area contributed by atoms with Crippen molar-refractivity contribution in [2.75, 3.05) is 25.2 Å². The molecule has 1 saturated heterocycles. The van der Waals surface area contributed by atoms with Crippen molar-refractivity contribution in [1.82, 2.24) is 4.98 Å². The standard InChI is InChI=1S/C13H20N2O3S/c1-4-8(2)10-11(12(16)17)19-13(14-10)15(3)9-5-6-18-7-9/h8-9H,4-7H2,1-3H3,(H,16,17). The highest BCUT2D eigenvalue weighted by molar-refractivity contribution is 7.17. The zero-order chi connectivity index (χ0) is 14.0. The van der Waals surface area contributed by atoms with Gasteiger partial charge in [0.15, 0.2) is 5.13 Å². The third-order valence-electron chi connectivity index (χ3n) is 3.67. The Bertz CT molecular complexity index is 455. The number of likely N-dealkylation sites (N-methyl/N-ethyl adjacent to an activating group) is 1. The quantitative estimate of drug-likeness (QED) is 0.900. The van der Waals surface area contributed by atoms with Crippen LogP contribution in [-0.2, 0) is 4.74 Å². The highest BCUT2D eigenvalue weighted by Crippen LogP contribution is 2.33. The molecular weight excluding hydrogens is 264 g/mol. The Balaban J connectivity index is 2.28. The van der Waals surface area contributed by atoms with Crippen molar-refractivity contribution < 1.29 is 14.6 Å². The van der Waals surface area contributed by atoms with Gasteiger partial charge >= 0.3 is 5.97 Å². The highest BCUT2D eigenvalue weighted by Gasteiger charge is 2.27. The fourth-order valence-corrected chi connectivity index (χ4v) is 3.19. The molecule has 0 amide bonds. The fourth-order valence-electron chi connectivity index (χ4n) is 2.14. The van der Waals surface area contributed by atoms with Crippen molar-refractivity contribution in [2.24, 2.45) is 0 Å². The van der Waals surface area contributed by atoms with Gasteiger partial charge in [0.05, 0.1) is 18.3 Å². The molecule has 106 valence electrons. The normalized spacial score (nSPS) is 20.5. The summed E-state index contributed by atoms with van der Waals surface area (Å²) in [6.45, 7) is 5.52. The molecule has 0 saturated carbocycles. The number of hydrogen-bond acceptors (Lipinski definition) is 5. The summed E-state index contributed by atoms with van der Waals surface area (Å²) >= 11 is 1.27. The van der Waals surface area contributed by atoms with Crippen LogP contribution in [0.3, 0.4) is 0 Å². The number of carboxylic acids is 1. The summed E-state index contributed by atoms with van der Waals surface area (Å²) in [5.74, 6) is -0.709. The lowest BCUT2D eigenvalue weighted by atomic mass is 10.0. The molecule has 5 nitrogen and oxygen atoms in total. The first-order valence-electron chi connectivity index (χ1n) is 6.59. The molecule has 0 aliphatic carbocycles. The number of ether oxygens (including phenoxy) is 1. The van der Waals surface area contributed by atoms with E-state index in [-0.39, 0.29) is 5.92 Å². The molecule has 1 aliphatic rings. The molecule has 1 fully saturated rings. The molecule has 1 aliphatic heterocycles. The summed E-state index contributed by atoms with van der Waals surface area (Å²) in [5.41, 5.74) is 0.709. The number of aromatic carboxylic acids is 1.